The summed E-state index contributed by atoms with van der Waals surface area (Å²) in [5.74, 6) is -0.721. The van der Waals surface area contributed by atoms with Crippen molar-refractivity contribution in [2.75, 3.05) is 6.26 Å². The Kier molecular flexibility index (Phi) is 4.13. The van der Waals surface area contributed by atoms with E-state index in [1.165, 1.54) is 23.9 Å². The van der Waals surface area contributed by atoms with Crippen molar-refractivity contribution in [2.24, 2.45) is 0 Å². The van der Waals surface area contributed by atoms with Crippen LogP contribution in [0.2, 0.25) is 0 Å². The number of aromatic hydroxyl groups is 1. The monoisotopic (exact) mass is 300 g/mol. The molecule has 6 heteroatoms. The van der Waals surface area contributed by atoms with Gasteiger partial charge in [0.25, 0.3) is 0 Å². The summed E-state index contributed by atoms with van der Waals surface area (Å²) in [5, 5.41) is 9.56. The minimum atomic E-state index is -4.79. The van der Waals surface area contributed by atoms with Gasteiger partial charge < -0.3 is 9.84 Å². The van der Waals surface area contributed by atoms with Crippen LogP contribution in [0.15, 0.2) is 47.4 Å². The number of phenols is 1. The predicted octanol–water partition coefficient (Wildman–Crippen LogP) is 4.68. The molecule has 106 valence electrons. The molecule has 2 nitrogen and oxygen atoms in total. The van der Waals surface area contributed by atoms with E-state index in [0.717, 1.165) is 16.5 Å². The lowest BCUT2D eigenvalue weighted by atomic mass is 10.1. The first-order chi connectivity index (χ1) is 9.39. The van der Waals surface area contributed by atoms with Crippen molar-refractivity contribution in [3.05, 3.63) is 42.5 Å². The minimum Gasteiger partial charge on any atom is -0.508 e. The van der Waals surface area contributed by atoms with Crippen LogP contribution in [0.1, 0.15) is 0 Å². The molecule has 2 rings (SSSR count). The molecule has 0 unspecified atom stereocenters. The molecule has 2 aromatic rings. The maximum atomic E-state index is 12.2. The summed E-state index contributed by atoms with van der Waals surface area (Å²) < 4.78 is 40.6. The molecule has 0 aliphatic rings. The van der Waals surface area contributed by atoms with Gasteiger partial charge in [-0.05, 0) is 35.6 Å². The van der Waals surface area contributed by atoms with Gasteiger partial charge in [0, 0.05) is 11.0 Å². The standard InChI is InChI=1S/C14H11F3O2S/c1-20-13-5-3-2-4-12(13)9-6-10(18)8-11(7-9)19-14(15,16)17/h2-8,18H,1H3. The maximum absolute atomic E-state index is 12.2. The smallest absolute Gasteiger partial charge is 0.508 e. The molecule has 1 N–H and O–H groups in total. The Bertz CT molecular complexity index is 612. The van der Waals surface area contributed by atoms with E-state index in [1.807, 2.05) is 18.4 Å². The van der Waals surface area contributed by atoms with Gasteiger partial charge in [0.1, 0.15) is 11.5 Å². The van der Waals surface area contributed by atoms with E-state index >= 15 is 0 Å². The largest absolute Gasteiger partial charge is 0.573 e. The van der Waals surface area contributed by atoms with E-state index in [1.54, 1.807) is 12.1 Å². The molecule has 0 saturated carbocycles. The van der Waals surface area contributed by atoms with E-state index < -0.39 is 12.1 Å². The summed E-state index contributed by atoms with van der Waals surface area (Å²) in [6.07, 6.45) is -2.92. The topological polar surface area (TPSA) is 29.5 Å². The molecule has 0 aromatic heterocycles. The van der Waals surface area contributed by atoms with Crippen LogP contribution in [-0.2, 0) is 0 Å². The second-order valence-corrected chi connectivity index (χ2v) is 4.81. The second-order valence-electron chi connectivity index (χ2n) is 3.96. The number of rotatable bonds is 3. The summed E-state index contributed by atoms with van der Waals surface area (Å²) in [4.78, 5) is 0.899. The quantitative estimate of drug-likeness (QED) is 0.835. The molecule has 0 saturated heterocycles. The van der Waals surface area contributed by atoms with Gasteiger partial charge in [-0.1, -0.05) is 18.2 Å². The Morgan fingerprint density at radius 2 is 1.80 bits per heavy atom. The van der Waals surface area contributed by atoms with Gasteiger partial charge in [0.2, 0.25) is 0 Å². The van der Waals surface area contributed by atoms with Gasteiger partial charge in [0.05, 0.1) is 0 Å². The lowest BCUT2D eigenvalue weighted by molar-refractivity contribution is -0.274. The van der Waals surface area contributed by atoms with Crippen LogP contribution < -0.4 is 4.74 Å². The van der Waals surface area contributed by atoms with E-state index in [4.69, 9.17) is 0 Å². The van der Waals surface area contributed by atoms with Gasteiger partial charge in [0.15, 0.2) is 0 Å². The van der Waals surface area contributed by atoms with Crippen LogP contribution in [0.25, 0.3) is 11.1 Å². The molecule has 20 heavy (non-hydrogen) atoms. The van der Waals surface area contributed by atoms with Crippen LogP contribution in [0.4, 0.5) is 13.2 Å². The number of halogens is 3. The fraction of sp³-hybridized carbons (Fsp3) is 0.143. The molecule has 0 spiro atoms. The molecule has 0 heterocycles. The molecule has 0 aliphatic carbocycles. The predicted molar refractivity (Wildman–Crippen MR) is 72.0 cm³/mol. The first-order valence-corrected chi connectivity index (χ1v) is 6.85. The average molecular weight is 300 g/mol. The van der Waals surface area contributed by atoms with Crippen molar-refractivity contribution >= 4 is 11.8 Å². The van der Waals surface area contributed by atoms with Gasteiger partial charge in [-0.2, -0.15) is 0 Å². The van der Waals surface area contributed by atoms with Crippen molar-refractivity contribution in [3.63, 3.8) is 0 Å². The molecule has 0 atom stereocenters. The highest BCUT2D eigenvalue weighted by atomic mass is 32.2. The lowest BCUT2D eigenvalue weighted by Crippen LogP contribution is -2.17. The zero-order chi connectivity index (χ0) is 14.8. The van der Waals surface area contributed by atoms with E-state index in [9.17, 15) is 18.3 Å². The van der Waals surface area contributed by atoms with Gasteiger partial charge in [-0.25, -0.2) is 0 Å². The third kappa shape index (κ3) is 3.60. The molecule has 0 amide bonds. The van der Waals surface area contributed by atoms with Crippen LogP contribution >= 0.6 is 11.8 Å². The number of thioether (sulfide) groups is 1. The number of phenolic OH excluding ortho intramolecular Hbond substituents is 1. The summed E-state index contributed by atoms with van der Waals surface area (Å²) in [6, 6.07) is 10.8. The number of hydrogen-bond donors (Lipinski definition) is 1. The van der Waals surface area contributed by atoms with Crippen molar-refractivity contribution in [2.45, 2.75) is 11.3 Å². The number of alkyl halides is 3. The zero-order valence-corrected chi connectivity index (χ0v) is 11.3. The third-order valence-electron chi connectivity index (χ3n) is 2.54. The Morgan fingerprint density at radius 3 is 2.45 bits per heavy atom. The average Bonchev–Trinajstić information content (AvgIpc) is 2.36. The van der Waals surface area contributed by atoms with Gasteiger partial charge in [-0.3, -0.25) is 0 Å². The Hall–Kier alpha value is -1.82. The van der Waals surface area contributed by atoms with Crippen LogP contribution in [0.3, 0.4) is 0 Å². The first-order valence-electron chi connectivity index (χ1n) is 5.62. The molecular weight excluding hydrogens is 289 g/mol. The van der Waals surface area contributed by atoms with E-state index in [2.05, 4.69) is 4.74 Å². The molecule has 0 aliphatic heterocycles. The highest BCUT2D eigenvalue weighted by molar-refractivity contribution is 7.98. The zero-order valence-electron chi connectivity index (χ0n) is 10.4. The first kappa shape index (κ1) is 14.6. The summed E-state index contributed by atoms with van der Waals surface area (Å²) in [5.41, 5.74) is 1.21. The van der Waals surface area contributed by atoms with Crippen LogP contribution in [0, 0.1) is 0 Å². The van der Waals surface area contributed by atoms with Crippen molar-refractivity contribution < 1.29 is 23.0 Å². The highest BCUT2D eigenvalue weighted by Crippen LogP contribution is 2.36. The lowest BCUT2D eigenvalue weighted by Gasteiger charge is -2.12. The summed E-state index contributed by atoms with van der Waals surface area (Å²) >= 11 is 1.47. The fourth-order valence-corrected chi connectivity index (χ4v) is 2.43. The van der Waals surface area contributed by atoms with Crippen molar-refractivity contribution in [1.82, 2.24) is 0 Å². The molecule has 2 aromatic carbocycles. The number of benzene rings is 2. The van der Waals surface area contributed by atoms with Crippen LogP contribution in [-0.4, -0.2) is 17.7 Å². The highest BCUT2D eigenvalue weighted by Gasteiger charge is 2.31. The Balaban J connectivity index is 2.47. The molecule has 0 bridgehead atoms. The second kappa shape index (κ2) is 5.66. The molecule has 0 fully saturated rings. The van der Waals surface area contributed by atoms with E-state index in [-0.39, 0.29) is 5.75 Å². The summed E-state index contributed by atoms with van der Waals surface area (Å²) in [7, 11) is 0. The SMILES string of the molecule is CSc1ccccc1-c1cc(O)cc(OC(F)(F)F)c1. The number of hydrogen-bond acceptors (Lipinski definition) is 3. The van der Waals surface area contributed by atoms with Crippen LogP contribution in [0.5, 0.6) is 11.5 Å². The fourth-order valence-electron chi connectivity index (χ4n) is 1.81. The maximum Gasteiger partial charge on any atom is 0.573 e. The van der Waals surface area contributed by atoms with Gasteiger partial charge in [-0.15, -0.1) is 24.9 Å². The summed E-state index contributed by atoms with van der Waals surface area (Å²) in [6.45, 7) is 0. The Labute approximate surface area is 118 Å². The minimum absolute atomic E-state index is 0.280. The van der Waals surface area contributed by atoms with E-state index in [0.29, 0.717) is 5.56 Å². The Morgan fingerprint density at radius 1 is 1.10 bits per heavy atom. The van der Waals surface area contributed by atoms with Crippen molar-refractivity contribution in [1.29, 1.82) is 0 Å². The van der Waals surface area contributed by atoms with Gasteiger partial charge >= 0.3 is 6.36 Å². The van der Waals surface area contributed by atoms with Crippen molar-refractivity contribution in [3.8, 4) is 22.6 Å². The molecule has 0 radical (unpaired) electrons. The number of ether oxygens (including phenoxy) is 1. The normalized spacial score (nSPS) is 11.4. The third-order valence-corrected chi connectivity index (χ3v) is 3.34. The molecular formula is C14H11F3O2S.